The maximum absolute atomic E-state index is 6.40. The summed E-state index contributed by atoms with van der Waals surface area (Å²) in [5.74, 6) is 0. The van der Waals surface area contributed by atoms with Gasteiger partial charge in [-0.05, 0) is 104 Å². The number of furan rings is 1. The van der Waals surface area contributed by atoms with E-state index in [-0.39, 0.29) is 0 Å². The molecule has 0 amide bonds. The molecule has 0 radical (unpaired) electrons. The average molecular weight is 588 g/mol. The fourth-order valence-electron chi connectivity index (χ4n) is 6.24. The van der Waals surface area contributed by atoms with Crippen LogP contribution >= 0.6 is 0 Å². The number of hydrogen-bond acceptors (Lipinski definition) is 4. The van der Waals surface area contributed by atoms with Crippen molar-refractivity contribution in [3.63, 3.8) is 0 Å². The van der Waals surface area contributed by atoms with E-state index in [1.165, 1.54) is 21.9 Å². The van der Waals surface area contributed by atoms with Crippen molar-refractivity contribution in [1.29, 1.82) is 0 Å². The Hall–Kier alpha value is -4.84. The smallest absolute Gasteiger partial charge is 0.456 e. The third-order valence-electron chi connectivity index (χ3n) is 9.49. The number of fused-ring (bicyclic) bond motifs is 4. The number of rotatable bonds is 5. The number of nitrogens with zero attached hydrogens (tertiary/aromatic N) is 1. The molecule has 0 spiro atoms. The lowest BCUT2D eigenvalue weighted by Crippen LogP contribution is -2.41. The highest BCUT2D eigenvalue weighted by Crippen LogP contribution is 2.41. The SMILES string of the molecule is CC1(C)OB(c2ccc3c(c2)oc2ccc(N(c4ccc(-c5ccccc5)cc4)c4ccc5ccccc5c4)cc23)OC1(C)C. The first-order chi connectivity index (χ1) is 21.8. The first-order valence-electron chi connectivity index (χ1n) is 15.5. The first-order valence-corrected chi connectivity index (χ1v) is 15.5. The molecule has 5 heteroatoms. The predicted octanol–water partition coefficient (Wildman–Crippen LogP) is 10.2. The molecule has 1 fully saturated rings. The minimum absolute atomic E-state index is 0.402. The summed E-state index contributed by atoms with van der Waals surface area (Å²) < 4.78 is 19.0. The summed E-state index contributed by atoms with van der Waals surface area (Å²) in [4.78, 5) is 2.32. The van der Waals surface area contributed by atoms with Crippen LogP contribution in [0.2, 0.25) is 0 Å². The van der Waals surface area contributed by atoms with Crippen molar-refractivity contribution in [2.45, 2.75) is 38.9 Å². The van der Waals surface area contributed by atoms with Crippen molar-refractivity contribution < 1.29 is 13.7 Å². The fourth-order valence-corrected chi connectivity index (χ4v) is 6.24. The quantitative estimate of drug-likeness (QED) is 0.188. The molecule has 2 heterocycles. The largest absolute Gasteiger partial charge is 0.494 e. The van der Waals surface area contributed by atoms with E-state index in [2.05, 4.69) is 160 Å². The molecule has 0 atom stereocenters. The zero-order valence-corrected chi connectivity index (χ0v) is 26.0. The molecule has 45 heavy (non-hydrogen) atoms. The molecule has 0 aliphatic carbocycles. The summed E-state index contributed by atoms with van der Waals surface area (Å²) in [5, 5.41) is 4.54. The van der Waals surface area contributed by atoms with E-state index in [0.717, 1.165) is 44.5 Å². The van der Waals surface area contributed by atoms with Gasteiger partial charge in [0.15, 0.2) is 0 Å². The van der Waals surface area contributed by atoms with E-state index in [9.17, 15) is 0 Å². The van der Waals surface area contributed by atoms with Gasteiger partial charge in [-0.1, -0.05) is 84.9 Å². The number of anilines is 3. The van der Waals surface area contributed by atoms with Gasteiger partial charge in [-0.15, -0.1) is 0 Å². The third kappa shape index (κ3) is 4.80. The normalized spacial score (nSPS) is 15.7. The molecule has 7 aromatic rings. The second kappa shape index (κ2) is 10.4. The summed E-state index contributed by atoms with van der Waals surface area (Å²) in [6.07, 6.45) is 0. The molecule has 1 aromatic heterocycles. The summed E-state index contributed by atoms with van der Waals surface area (Å²) in [6.45, 7) is 8.30. The molecule has 1 aliphatic heterocycles. The van der Waals surface area contributed by atoms with E-state index in [4.69, 9.17) is 13.7 Å². The van der Waals surface area contributed by atoms with Gasteiger partial charge in [0.2, 0.25) is 0 Å². The van der Waals surface area contributed by atoms with E-state index in [0.29, 0.717) is 0 Å². The van der Waals surface area contributed by atoms with Gasteiger partial charge in [0, 0.05) is 27.8 Å². The maximum atomic E-state index is 6.40. The summed E-state index contributed by atoms with van der Waals surface area (Å²) in [7, 11) is -0.439. The fraction of sp³-hybridized carbons (Fsp3) is 0.150. The van der Waals surface area contributed by atoms with Crippen LogP contribution in [0.25, 0.3) is 43.8 Å². The van der Waals surface area contributed by atoms with E-state index >= 15 is 0 Å². The minimum Gasteiger partial charge on any atom is -0.456 e. The highest BCUT2D eigenvalue weighted by Gasteiger charge is 2.51. The van der Waals surface area contributed by atoms with Crippen molar-refractivity contribution in [2.75, 3.05) is 4.90 Å². The van der Waals surface area contributed by atoms with Crippen LogP contribution in [-0.2, 0) is 9.31 Å². The van der Waals surface area contributed by atoms with Gasteiger partial charge >= 0.3 is 7.12 Å². The molecule has 4 nitrogen and oxygen atoms in total. The van der Waals surface area contributed by atoms with Crippen LogP contribution in [-0.4, -0.2) is 18.3 Å². The van der Waals surface area contributed by atoms with Gasteiger partial charge in [0.05, 0.1) is 11.2 Å². The molecule has 0 N–H and O–H groups in total. The van der Waals surface area contributed by atoms with Gasteiger partial charge in [-0.2, -0.15) is 0 Å². The number of hydrogen-bond donors (Lipinski definition) is 0. The second-order valence-corrected chi connectivity index (χ2v) is 12.9. The average Bonchev–Trinajstić information content (AvgIpc) is 3.53. The molecule has 6 aromatic carbocycles. The van der Waals surface area contributed by atoms with Crippen molar-refractivity contribution >= 4 is 62.4 Å². The topological polar surface area (TPSA) is 34.8 Å². The lowest BCUT2D eigenvalue weighted by Gasteiger charge is -2.32. The monoisotopic (exact) mass is 587 g/mol. The van der Waals surface area contributed by atoms with Gasteiger partial charge < -0.3 is 18.6 Å². The van der Waals surface area contributed by atoms with Crippen molar-refractivity contribution in [1.82, 2.24) is 0 Å². The van der Waals surface area contributed by atoms with Crippen LogP contribution in [0.15, 0.2) is 138 Å². The summed E-state index contributed by atoms with van der Waals surface area (Å²) >= 11 is 0. The van der Waals surface area contributed by atoms with E-state index < -0.39 is 18.3 Å². The Morgan fingerprint density at radius 2 is 1.11 bits per heavy atom. The predicted molar refractivity (Wildman–Crippen MR) is 187 cm³/mol. The molecule has 1 aliphatic rings. The molecule has 0 bridgehead atoms. The molecule has 1 saturated heterocycles. The number of benzene rings is 6. The molecule has 220 valence electrons. The van der Waals surface area contributed by atoms with E-state index in [1.54, 1.807) is 0 Å². The highest BCUT2D eigenvalue weighted by molar-refractivity contribution is 6.62. The maximum Gasteiger partial charge on any atom is 0.494 e. The van der Waals surface area contributed by atoms with Crippen LogP contribution in [0.5, 0.6) is 0 Å². The van der Waals surface area contributed by atoms with Crippen molar-refractivity contribution in [3.8, 4) is 11.1 Å². The van der Waals surface area contributed by atoms with Crippen LogP contribution < -0.4 is 10.4 Å². The first kappa shape index (κ1) is 27.7. The van der Waals surface area contributed by atoms with Crippen molar-refractivity contribution in [2.24, 2.45) is 0 Å². The highest BCUT2D eigenvalue weighted by atomic mass is 16.7. The van der Waals surface area contributed by atoms with E-state index in [1.807, 2.05) is 6.07 Å². The molecule has 8 rings (SSSR count). The summed E-state index contributed by atoms with van der Waals surface area (Å²) in [6, 6.07) is 47.1. The Balaban J connectivity index is 1.22. The Bertz CT molecular complexity index is 2170. The molecule has 0 unspecified atom stereocenters. The Morgan fingerprint density at radius 3 is 1.87 bits per heavy atom. The van der Waals surface area contributed by atoms with Crippen LogP contribution in [0.1, 0.15) is 27.7 Å². The Kier molecular flexibility index (Phi) is 6.38. The summed E-state index contributed by atoms with van der Waals surface area (Å²) in [5.41, 5.74) is 7.44. The molecular formula is C40H34BNO3. The third-order valence-corrected chi connectivity index (χ3v) is 9.49. The second-order valence-electron chi connectivity index (χ2n) is 12.9. The van der Waals surface area contributed by atoms with Crippen LogP contribution in [0, 0.1) is 0 Å². The Labute approximate surface area is 264 Å². The lowest BCUT2D eigenvalue weighted by molar-refractivity contribution is 0.00578. The molecular weight excluding hydrogens is 553 g/mol. The standard InChI is InChI=1S/C40H34BNO3/c1-39(2)40(3,4)45-41(44-39)31-17-22-35-36-26-34(21-23-37(36)43-38(35)25-31)42(33-20-16-28-12-8-9-13-30(28)24-33)32-18-14-29(15-19-32)27-10-6-5-7-11-27/h5-26H,1-4H3. The Morgan fingerprint density at radius 1 is 0.489 bits per heavy atom. The zero-order valence-electron chi connectivity index (χ0n) is 26.0. The lowest BCUT2D eigenvalue weighted by atomic mass is 9.79. The van der Waals surface area contributed by atoms with Crippen LogP contribution in [0.3, 0.4) is 0 Å². The minimum atomic E-state index is -0.439. The zero-order chi connectivity index (χ0) is 30.8. The van der Waals surface area contributed by atoms with Crippen LogP contribution in [0.4, 0.5) is 17.1 Å². The van der Waals surface area contributed by atoms with Gasteiger partial charge in [-0.3, -0.25) is 0 Å². The van der Waals surface area contributed by atoms with Gasteiger partial charge in [-0.25, -0.2) is 0 Å². The van der Waals surface area contributed by atoms with Crippen molar-refractivity contribution in [3.05, 3.63) is 133 Å². The molecule has 0 saturated carbocycles. The van der Waals surface area contributed by atoms with Gasteiger partial charge in [0.1, 0.15) is 11.2 Å². The van der Waals surface area contributed by atoms with Gasteiger partial charge in [0.25, 0.3) is 0 Å².